The predicted octanol–water partition coefficient (Wildman–Crippen LogP) is 2.70. The van der Waals surface area contributed by atoms with Crippen LogP contribution < -0.4 is 5.32 Å². The minimum Gasteiger partial charge on any atom is -0.424 e. The molecule has 2 amide bonds. The highest BCUT2D eigenvalue weighted by molar-refractivity contribution is 5.74. The van der Waals surface area contributed by atoms with E-state index in [1.54, 1.807) is 26.4 Å². The summed E-state index contributed by atoms with van der Waals surface area (Å²) in [6.45, 7) is 6.24. The predicted molar refractivity (Wildman–Crippen MR) is 85.5 cm³/mol. The lowest BCUT2D eigenvalue weighted by molar-refractivity contribution is 0.195. The number of hydrogen-bond acceptors (Lipinski definition) is 5. The van der Waals surface area contributed by atoms with E-state index in [0.29, 0.717) is 17.7 Å². The standard InChI is InChI=1S/C16H23N5O2/c1-11(2)8-14(13-6-5-7-17-9-13)18-16(22)21(4)10-15-20-19-12(3)23-15/h5-7,9,11,14H,8,10H2,1-4H3,(H,18,22). The number of hydrogen-bond donors (Lipinski definition) is 1. The molecule has 124 valence electrons. The minimum atomic E-state index is -0.185. The van der Waals surface area contributed by atoms with Crippen molar-refractivity contribution in [3.05, 3.63) is 41.9 Å². The van der Waals surface area contributed by atoms with Gasteiger partial charge in [-0.1, -0.05) is 19.9 Å². The molecule has 2 rings (SSSR count). The second-order valence-electron chi connectivity index (χ2n) is 5.99. The van der Waals surface area contributed by atoms with E-state index in [0.717, 1.165) is 12.0 Å². The van der Waals surface area contributed by atoms with Crippen molar-refractivity contribution in [2.24, 2.45) is 5.92 Å². The Balaban J connectivity index is 2.01. The Hall–Kier alpha value is -2.44. The van der Waals surface area contributed by atoms with Gasteiger partial charge in [-0.2, -0.15) is 0 Å². The van der Waals surface area contributed by atoms with Crippen molar-refractivity contribution >= 4 is 6.03 Å². The maximum absolute atomic E-state index is 12.4. The topological polar surface area (TPSA) is 84.2 Å². The third-order valence-electron chi connectivity index (χ3n) is 3.38. The summed E-state index contributed by atoms with van der Waals surface area (Å²) in [6, 6.07) is 3.58. The Bertz CT molecular complexity index is 626. The largest absolute Gasteiger partial charge is 0.424 e. The number of nitrogens with zero attached hydrogens (tertiary/aromatic N) is 4. The van der Waals surface area contributed by atoms with Crippen LogP contribution in [0, 0.1) is 12.8 Å². The number of nitrogens with one attached hydrogen (secondary N) is 1. The van der Waals surface area contributed by atoms with Gasteiger partial charge < -0.3 is 14.6 Å². The average Bonchev–Trinajstić information content (AvgIpc) is 2.92. The molecule has 0 spiro atoms. The van der Waals surface area contributed by atoms with Crippen molar-refractivity contribution in [3.8, 4) is 0 Å². The van der Waals surface area contributed by atoms with E-state index >= 15 is 0 Å². The fraction of sp³-hybridized carbons (Fsp3) is 0.500. The smallest absolute Gasteiger partial charge is 0.318 e. The quantitative estimate of drug-likeness (QED) is 0.885. The van der Waals surface area contributed by atoms with Crippen molar-refractivity contribution in [2.75, 3.05) is 7.05 Å². The van der Waals surface area contributed by atoms with Gasteiger partial charge in [0.2, 0.25) is 11.8 Å². The van der Waals surface area contributed by atoms with Crippen LogP contribution in [0.1, 0.15) is 43.7 Å². The van der Waals surface area contributed by atoms with Crippen molar-refractivity contribution in [2.45, 2.75) is 39.8 Å². The van der Waals surface area contributed by atoms with Crippen LogP contribution in [0.15, 0.2) is 28.9 Å². The van der Waals surface area contributed by atoms with Crippen LogP contribution >= 0.6 is 0 Å². The fourth-order valence-corrected chi connectivity index (χ4v) is 2.27. The van der Waals surface area contributed by atoms with E-state index in [9.17, 15) is 4.79 Å². The first-order valence-electron chi connectivity index (χ1n) is 7.66. The molecule has 1 atom stereocenters. The van der Waals surface area contributed by atoms with Gasteiger partial charge in [-0.05, 0) is 24.0 Å². The molecule has 7 heteroatoms. The molecule has 0 aliphatic carbocycles. The SMILES string of the molecule is Cc1nnc(CN(C)C(=O)NC(CC(C)C)c2cccnc2)o1. The maximum Gasteiger partial charge on any atom is 0.318 e. The van der Waals surface area contributed by atoms with Crippen LogP contribution in [0.25, 0.3) is 0 Å². The third-order valence-corrected chi connectivity index (χ3v) is 3.38. The van der Waals surface area contributed by atoms with Gasteiger partial charge in [0.1, 0.15) is 6.54 Å². The molecule has 0 saturated heterocycles. The van der Waals surface area contributed by atoms with Crippen LogP contribution in [0.3, 0.4) is 0 Å². The van der Waals surface area contributed by atoms with E-state index in [4.69, 9.17) is 4.42 Å². The zero-order chi connectivity index (χ0) is 16.8. The van der Waals surface area contributed by atoms with Gasteiger partial charge in [-0.15, -0.1) is 10.2 Å². The number of rotatable bonds is 6. The normalized spacial score (nSPS) is 12.2. The van der Waals surface area contributed by atoms with E-state index in [-0.39, 0.29) is 18.6 Å². The third kappa shape index (κ3) is 5.05. The highest BCUT2D eigenvalue weighted by atomic mass is 16.4. The van der Waals surface area contributed by atoms with E-state index in [1.165, 1.54) is 4.90 Å². The molecule has 0 saturated carbocycles. The van der Waals surface area contributed by atoms with Gasteiger partial charge in [0.05, 0.1) is 6.04 Å². The molecule has 23 heavy (non-hydrogen) atoms. The molecule has 0 radical (unpaired) electrons. The number of carbonyl (C=O) groups excluding carboxylic acids is 1. The Morgan fingerprint density at radius 1 is 1.39 bits per heavy atom. The van der Waals surface area contributed by atoms with E-state index in [1.807, 2.05) is 12.1 Å². The highest BCUT2D eigenvalue weighted by Crippen LogP contribution is 2.20. The zero-order valence-corrected chi connectivity index (χ0v) is 14.0. The van der Waals surface area contributed by atoms with Gasteiger partial charge in [0.15, 0.2) is 0 Å². The molecule has 0 bridgehead atoms. The van der Waals surface area contributed by atoms with Gasteiger partial charge in [-0.25, -0.2) is 4.79 Å². The average molecular weight is 317 g/mol. The lowest BCUT2D eigenvalue weighted by Gasteiger charge is -2.24. The first-order chi connectivity index (χ1) is 11.0. The Kier molecular flexibility index (Phi) is 5.67. The number of carbonyl (C=O) groups is 1. The molecular formula is C16H23N5O2. The highest BCUT2D eigenvalue weighted by Gasteiger charge is 2.19. The summed E-state index contributed by atoms with van der Waals surface area (Å²) in [5.74, 6) is 1.35. The Morgan fingerprint density at radius 3 is 2.74 bits per heavy atom. The Labute approximate surface area is 136 Å². The van der Waals surface area contributed by atoms with Crippen LogP contribution in [0.2, 0.25) is 0 Å². The molecule has 0 aliphatic heterocycles. The number of amides is 2. The van der Waals surface area contributed by atoms with Crippen molar-refractivity contribution < 1.29 is 9.21 Å². The summed E-state index contributed by atoms with van der Waals surface area (Å²) in [5.41, 5.74) is 0.997. The lowest BCUT2D eigenvalue weighted by atomic mass is 9.98. The van der Waals surface area contributed by atoms with E-state index in [2.05, 4.69) is 34.3 Å². The Morgan fingerprint density at radius 2 is 2.17 bits per heavy atom. The van der Waals surface area contributed by atoms with Crippen LogP contribution in [0.4, 0.5) is 4.79 Å². The lowest BCUT2D eigenvalue weighted by Crippen LogP contribution is -2.39. The van der Waals surface area contributed by atoms with Crippen LogP contribution in [-0.4, -0.2) is 33.2 Å². The number of urea groups is 1. The number of aromatic nitrogens is 3. The molecule has 2 heterocycles. The summed E-state index contributed by atoms with van der Waals surface area (Å²) < 4.78 is 5.30. The van der Waals surface area contributed by atoms with Gasteiger partial charge in [0, 0.05) is 26.4 Å². The molecule has 1 N–H and O–H groups in total. The van der Waals surface area contributed by atoms with Gasteiger partial charge in [0.25, 0.3) is 0 Å². The van der Waals surface area contributed by atoms with E-state index < -0.39 is 0 Å². The monoisotopic (exact) mass is 317 g/mol. The molecule has 7 nitrogen and oxygen atoms in total. The molecule has 0 fully saturated rings. The molecule has 0 aromatic carbocycles. The molecule has 2 aromatic rings. The zero-order valence-electron chi connectivity index (χ0n) is 14.0. The first-order valence-corrected chi connectivity index (χ1v) is 7.66. The summed E-state index contributed by atoms with van der Waals surface area (Å²) in [6.07, 6.45) is 4.35. The molecule has 2 aromatic heterocycles. The summed E-state index contributed by atoms with van der Waals surface area (Å²) >= 11 is 0. The summed E-state index contributed by atoms with van der Waals surface area (Å²) in [4.78, 5) is 18.1. The number of aryl methyl sites for hydroxylation is 1. The minimum absolute atomic E-state index is 0.0805. The summed E-state index contributed by atoms with van der Waals surface area (Å²) in [7, 11) is 1.70. The van der Waals surface area contributed by atoms with Gasteiger partial charge >= 0.3 is 6.03 Å². The molecular weight excluding hydrogens is 294 g/mol. The van der Waals surface area contributed by atoms with Crippen molar-refractivity contribution in [3.63, 3.8) is 0 Å². The van der Waals surface area contributed by atoms with Crippen LogP contribution in [0.5, 0.6) is 0 Å². The maximum atomic E-state index is 12.4. The van der Waals surface area contributed by atoms with Gasteiger partial charge in [-0.3, -0.25) is 4.98 Å². The second kappa shape index (κ2) is 7.71. The van der Waals surface area contributed by atoms with Crippen molar-refractivity contribution in [1.29, 1.82) is 0 Å². The first kappa shape index (κ1) is 16.9. The summed E-state index contributed by atoms with van der Waals surface area (Å²) in [5, 5.41) is 10.7. The number of pyridine rings is 1. The van der Waals surface area contributed by atoms with Crippen molar-refractivity contribution in [1.82, 2.24) is 25.4 Å². The molecule has 1 unspecified atom stereocenters. The fourth-order valence-electron chi connectivity index (χ4n) is 2.27. The van der Waals surface area contributed by atoms with Crippen LogP contribution in [-0.2, 0) is 6.54 Å². The molecule has 0 aliphatic rings. The second-order valence-corrected chi connectivity index (χ2v) is 5.99.